The van der Waals surface area contributed by atoms with Crippen molar-refractivity contribution in [3.63, 3.8) is 0 Å². The van der Waals surface area contributed by atoms with E-state index in [1.165, 1.54) is 21.7 Å². The van der Waals surface area contributed by atoms with Gasteiger partial charge in [-0.3, -0.25) is 4.57 Å². The molecular weight excluding hydrogens is 605 g/mol. The van der Waals surface area contributed by atoms with Crippen molar-refractivity contribution in [2.24, 2.45) is 5.92 Å². The Bertz CT molecular complexity index is 1460. The number of aliphatic hydroxyl groups is 1. The van der Waals surface area contributed by atoms with Crippen molar-refractivity contribution in [3.05, 3.63) is 53.5 Å². The van der Waals surface area contributed by atoms with Gasteiger partial charge in [-0.05, 0) is 62.1 Å². The molecule has 15 heteroatoms. The van der Waals surface area contributed by atoms with Crippen LogP contribution in [-0.2, 0) is 30.1 Å². The molecule has 0 aliphatic heterocycles. The SMILES string of the molecule is CCOP(=O)(COc1ccc(C[C@H](NC(=O)O)[C@H](O)CN(CC(C)C)S(=O)(=O)c2ccc3ncsc3c2)cc1)OCC. The van der Waals surface area contributed by atoms with Crippen LogP contribution < -0.4 is 10.1 Å². The predicted octanol–water partition coefficient (Wildman–Crippen LogP) is 4.79. The lowest BCUT2D eigenvalue weighted by atomic mass is 10.0. The van der Waals surface area contributed by atoms with E-state index >= 15 is 0 Å². The highest BCUT2D eigenvalue weighted by Crippen LogP contribution is 2.47. The standard InChI is InChI=1S/C27H38N3O9PS2/c1-5-38-40(34,39-6-2)18-37-21-9-7-20(8-10-21)13-24(29-27(32)33)25(31)16-30(15-19(3)4)42(35,36)22-11-12-23-26(14-22)41-17-28-23/h7-12,14,17,19,24-25,29,31H,5-6,13,15-16,18H2,1-4H3,(H,32,33)/t24-,25+/m0/s1. The minimum atomic E-state index is -4.01. The molecule has 12 nitrogen and oxygen atoms in total. The lowest BCUT2D eigenvalue weighted by molar-refractivity contribution is 0.0980. The predicted molar refractivity (Wildman–Crippen MR) is 161 cm³/mol. The zero-order valence-electron chi connectivity index (χ0n) is 24.0. The van der Waals surface area contributed by atoms with Crippen molar-refractivity contribution < 1.29 is 41.8 Å². The molecule has 3 N–H and O–H groups in total. The number of ether oxygens (including phenoxy) is 1. The van der Waals surface area contributed by atoms with Gasteiger partial charge < -0.3 is 29.3 Å². The van der Waals surface area contributed by atoms with E-state index < -0.39 is 35.9 Å². The first kappa shape index (κ1) is 33.9. The molecule has 0 spiro atoms. The van der Waals surface area contributed by atoms with E-state index in [-0.39, 0.29) is 49.9 Å². The Morgan fingerprint density at radius 2 is 1.76 bits per heavy atom. The molecule has 1 aromatic heterocycles. The Labute approximate surface area is 250 Å². The number of thiazole rings is 1. The number of hydrogen-bond donors (Lipinski definition) is 3. The summed E-state index contributed by atoms with van der Waals surface area (Å²) in [6.45, 7) is 7.34. The molecule has 2 aromatic carbocycles. The topological polar surface area (TPSA) is 165 Å². The number of nitrogens with one attached hydrogen (secondary N) is 1. The Kier molecular flexibility index (Phi) is 12.3. The number of benzene rings is 2. The number of carboxylic acid groups (broad SMARTS) is 1. The van der Waals surface area contributed by atoms with E-state index in [1.807, 2.05) is 13.8 Å². The first-order valence-electron chi connectivity index (χ1n) is 13.5. The second-order valence-corrected chi connectivity index (χ2v) is 14.7. The molecule has 1 amide bonds. The molecular formula is C27H38N3O9PS2. The molecule has 2 atom stereocenters. The first-order valence-corrected chi connectivity index (χ1v) is 17.5. The van der Waals surface area contributed by atoms with Crippen LogP contribution >= 0.6 is 18.9 Å². The van der Waals surface area contributed by atoms with Crippen LogP contribution in [0.2, 0.25) is 0 Å². The van der Waals surface area contributed by atoms with Gasteiger partial charge in [-0.2, -0.15) is 4.31 Å². The minimum Gasteiger partial charge on any atom is -0.481 e. The molecule has 0 saturated heterocycles. The van der Waals surface area contributed by atoms with Gasteiger partial charge in [-0.15, -0.1) is 11.3 Å². The van der Waals surface area contributed by atoms with Crippen LogP contribution in [0.3, 0.4) is 0 Å². The fraction of sp³-hybridized carbons (Fsp3) is 0.481. The molecule has 0 unspecified atom stereocenters. The van der Waals surface area contributed by atoms with Gasteiger partial charge in [0.2, 0.25) is 10.0 Å². The van der Waals surface area contributed by atoms with Crippen LogP contribution in [0.15, 0.2) is 52.9 Å². The molecule has 0 saturated carbocycles. The van der Waals surface area contributed by atoms with Gasteiger partial charge in [0, 0.05) is 13.1 Å². The summed E-state index contributed by atoms with van der Waals surface area (Å²) < 4.78 is 57.8. The lowest BCUT2D eigenvalue weighted by Gasteiger charge is -2.30. The van der Waals surface area contributed by atoms with Crippen LogP contribution in [0.5, 0.6) is 5.75 Å². The third kappa shape index (κ3) is 9.46. The van der Waals surface area contributed by atoms with E-state index in [4.69, 9.17) is 13.8 Å². The summed E-state index contributed by atoms with van der Waals surface area (Å²) in [5.41, 5.74) is 2.98. The Balaban J connectivity index is 1.75. The van der Waals surface area contributed by atoms with Gasteiger partial charge in [0.25, 0.3) is 0 Å². The van der Waals surface area contributed by atoms with E-state index in [0.29, 0.717) is 16.8 Å². The van der Waals surface area contributed by atoms with E-state index in [2.05, 4.69) is 10.3 Å². The summed E-state index contributed by atoms with van der Waals surface area (Å²) in [4.78, 5) is 15.9. The fourth-order valence-corrected chi connectivity index (χ4v) is 7.99. The van der Waals surface area contributed by atoms with Gasteiger partial charge >= 0.3 is 13.7 Å². The molecule has 0 aliphatic carbocycles. The normalized spacial score (nSPS) is 13.9. The quantitative estimate of drug-likeness (QED) is 0.174. The largest absolute Gasteiger partial charge is 0.481 e. The maximum absolute atomic E-state index is 13.6. The summed E-state index contributed by atoms with van der Waals surface area (Å²) in [6.07, 6.45) is -2.91. The third-order valence-electron chi connectivity index (χ3n) is 6.09. The maximum Gasteiger partial charge on any atom is 0.404 e. The minimum absolute atomic E-state index is 0.0571. The summed E-state index contributed by atoms with van der Waals surface area (Å²) in [6, 6.07) is 10.3. The average molecular weight is 644 g/mol. The molecule has 0 bridgehead atoms. The van der Waals surface area contributed by atoms with Crippen molar-refractivity contribution in [1.29, 1.82) is 0 Å². The zero-order valence-corrected chi connectivity index (χ0v) is 26.5. The van der Waals surface area contributed by atoms with Crippen LogP contribution in [-0.4, -0.2) is 78.8 Å². The molecule has 0 aliphatic rings. The van der Waals surface area contributed by atoms with E-state index in [1.54, 1.807) is 55.8 Å². The van der Waals surface area contributed by atoms with Crippen molar-refractivity contribution in [2.75, 3.05) is 32.7 Å². The molecule has 3 rings (SSSR count). The third-order valence-corrected chi connectivity index (χ3v) is 10.5. The Morgan fingerprint density at radius 1 is 1.10 bits per heavy atom. The van der Waals surface area contributed by atoms with Crippen LogP contribution in [0.25, 0.3) is 10.2 Å². The van der Waals surface area contributed by atoms with Crippen molar-refractivity contribution in [1.82, 2.24) is 14.6 Å². The van der Waals surface area contributed by atoms with Gasteiger partial charge in [0.1, 0.15) is 5.75 Å². The van der Waals surface area contributed by atoms with E-state index in [0.717, 1.165) is 4.70 Å². The monoisotopic (exact) mass is 643 g/mol. The van der Waals surface area contributed by atoms with Crippen LogP contribution in [0.1, 0.15) is 33.3 Å². The van der Waals surface area contributed by atoms with Gasteiger partial charge in [-0.25, -0.2) is 18.2 Å². The van der Waals surface area contributed by atoms with Crippen molar-refractivity contribution in [2.45, 2.75) is 51.2 Å². The zero-order chi connectivity index (χ0) is 30.9. The van der Waals surface area contributed by atoms with Crippen LogP contribution in [0, 0.1) is 5.92 Å². The Hall–Kier alpha value is -2.58. The highest BCUT2D eigenvalue weighted by atomic mass is 32.2. The van der Waals surface area contributed by atoms with Crippen molar-refractivity contribution >= 4 is 45.3 Å². The fourth-order valence-electron chi connectivity index (χ4n) is 4.24. The Morgan fingerprint density at radius 3 is 2.36 bits per heavy atom. The van der Waals surface area contributed by atoms with Crippen LogP contribution in [0.4, 0.5) is 4.79 Å². The van der Waals surface area contributed by atoms with Gasteiger partial charge in [0.15, 0.2) is 6.35 Å². The summed E-state index contributed by atoms with van der Waals surface area (Å²) in [7, 11) is -7.42. The van der Waals surface area contributed by atoms with Gasteiger partial charge in [-0.1, -0.05) is 26.0 Å². The number of sulfonamides is 1. The summed E-state index contributed by atoms with van der Waals surface area (Å²) >= 11 is 1.33. The number of hydrogen-bond acceptors (Lipinski definition) is 10. The molecule has 1 heterocycles. The number of rotatable bonds is 17. The smallest absolute Gasteiger partial charge is 0.404 e. The molecule has 3 aromatic rings. The number of aromatic nitrogens is 1. The van der Waals surface area contributed by atoms with Crippen molar-refractivity contribution in [3.8, 4) is 5.75 Å². The second-order valence-electron chi connectivity index (χ2n) is 9.89. The van der Waals surface area contributed by atoms with Gasteiger partial charge in [0.05, 0.1) is 46.0 Å². The summed E-state index contributed by atoms with van der Waals surface area (Å²) in [5.74, 6) is 0.340. The molecule has 0 radical (unpaired) electrons. The molecule has 42 heavy (non-hydrogen) atoms. The highest BCUT2D eigenvalue weighted by molar-refractivity contribution is 7.89. The number of aliphatic hydroxyl groups excluding tert-OH is 1. The second kappa shape index (κ2) is 15.2. The number of carbonyl (C=O) groups is 1. The maximum atomic E-state index is 13.6. The number of nitrogens with zero attached hydrogens (tertiary/aromatic N) is 2. The lowest BCUT2D eigenvalue weighted by Crippen LogP contribution is -2.50. The summed E-state index contributed by atoms with van der Waals surface area (Å²) in [5, 5.41) is 22.9. The molecule has 0 fully saturated rings. The molecule has 232 valence electrons. The first-order chi connectivity index (χ1) is 19.9. The van der Waals surface area contributed by atoms with E-state index in [9.17, 15) is 28.0 Å². The number of fused-ring (bicyclic) bond motifs is 1. The average Bonchev–Trinajstić information content (AvgIpc) is 3.40. The number of amides is 1. The highest BCUT2D eigenvalue weighted by Gasteiger charge is 2.32.